The summed E-state index contributed by atoms with van der Waals surface area (Å²) in [5, 5.41) is 0. The van der Waals surface area contributed by atoms with Gasteiger partial charge in [0.25, 0.3) is 0 Å². The minimum atomic E-state index is 0.886. The molecular formula is C13H24N2. The molecule has 3 aliphatic heterocycles. The normalized spacial score (nSPS) is 48.2. The Labute approximate surface area is 93.2 Å². The quantitative estimate of drug-likeness (QED) is 0.767. The highest BCUT2D eigenvalue weighted by Gasteiger charge is 2.48. The smallest absolute Gasteiger partial charge is 0.0154 e. The fourth-order valence-corrected chi connectivity index (χ4v) is 4.52. The number of hydrogen-bond donors (Lipinski definition) is 1. The fraction of sp³-hybridized carbons (Fsp3) is 1.00. The SMILES string of the molecule is NCCCC1CCC2C3CCN(CC3)C12. The lowest BCUT2D eigenvalue weighted by Crippen LogP contribution is -2.54. The number of fused-ring (bicyclic) bond motifs is 2. The van der Waals surface area contributed by atoms with Crippen LogP contribution < -0.4 is 5.73 Å². The predicted octanol–water partition coefficient (Wildman–Crippen LogP) is 1.85. The Morgan fingerprint density at radius 3 is 2.60 bits per heavy atom. The first-order chi connectivity index (χ1) is 7.40. The van der Waals surface area contributed by atoms with Gasteiger partial charge in [-0.05, 0) is 75.9 Å². The lowest BCUT2D eigenvalue weighted by molar-refractivity contribution is -0.0111. The molecule has 3 saturated heterocycles. The van der Waals surface area contributed by atoms with Gasteiger partial charge in [0.2, 0.25) is 0 Å². The molecule has 2 nitrogen and oxygen atoms in total. The van der Waals surface area contributed by atoms with E-state index < -0.39 is 0 Å². The van der Waals surface area contributed by atoms with Crippen LogP contribution in [0.4, 0.5) is 0 Å². The first kappa shape index (κ1) is 10.1. The largest absolute Gasteiger partial charge is 0.330 e. The zero-order valence-electron chi connectivity index (χ0n) is 9.70. The number of nitrogens with zero attached hydrogens (tertiary/aromatic N) is 1. The third-order valence-electron chi connectivity index (χ3n) is 5.17. The average Bonchev–Trinajstić information content (AvgIpc) is 2.74. The van der Waals surface area contributed by atoms with Crippen molar-refractivity contribution in [3.05, 3.63) is 0 Å². The van der Waals surface area contributed by atoms with E-state index in [0.717, 1.165) is 30.3 Å². The molecule has 86 valence electrons. The average molecular weight is 208 g/mol. The molecule has 0 amide bonds. The van der Waals surface area contributed by atoms with Crippen LogP contribution in [-0.2, 0) is 0 Å². The molecule has 0 aromatic heterocycles. The topological polar surface area (TPSA) is 29.3 Å². The summed E-state index contributed by atoms with van der Waals surface area (Å²) in [6.45, 7) is 3.67. The Balaban J connectivity index is 1.69. The van der Waals surface area contributed by atoms with Gasteiger partial charge < -0.3 is 5.73 Å². The van der Waals surface area contributed by atoms with Gasteiger partial charge in [0.15, 0.2) is 0 Å². The van der Waals surface area contributed by atoms with Gasteiger partial charge in [0, 0.05) is 6.04 Å². The van der Waals surface area contributed by atoms with Crippen LogP contribution in [0.2, 0.25) is 0 Å². The third-order valence-corrected chi connectivity index (χ3v) is 5.17. The standard InChI is InChI=1S/C13H24N2/c14-7-1-2-11-3-4-12-10-5-8-15(9-6-10)13(11)12/h10-13H,1-9,14H2. The van der Waals surface area contributed by atoms with E-state index in [9.17, 15) is 0 Å². The summed E-state index contributed by atoms with van der Waals surface area (Å²) in [7, 11) is 0. The van der Waals surface area contributed by atoms with Crippen LogP contribution in [0.5, 0.6) is 0 Å². The van der Waals surface area contributed by atoms with Gasteiger partial charge in [0.05, 0.1) is 0 Å². The van der Waals surface area contributed by atoms with E-state index in [1.54, 1.807) is 0 Å². The summed E-state index contributed by atoms with van der Waals surface area (Å²) in [6.07, 6.45) is 8.62. The highest BCUT2D eigenvalue weighted by molar-refractivity contribution is 5.01. The molecule has 4 aliphatic rings. The van der Waals surface area contributed by atoms with Crippen molar-refractivity contribution in [2.75, 3.05) is 19.6 Å². The van der Waals surface area contributed by atoms with E-state index in [2.05, 4.69) is 4.90 Å². The number of hydrogen-bond acceptors (Lipinski definition) is 2. The van der Waals surface area contributed by atoms with Gasteiger partial charge in [-0.15, -0.1) is 0 Å². The number of piperidine rings is 3. The molecule has 2 N–H and O–H groups in total. The van der Waals surface area contributed by atoms with Crippen molar-refractivity contribution in [1.82, 2.24) is 4.90 Å². The molecule has 15 heavy (non-hydrogen) atoms. The summed E-state index contributed by atoms with van der Waals surface area (Å²) in [5.41, 5.74) is 5.64. The van der Waals surface area contributed by atoms with Crippen LogP contribution in [0, 0.1) is 17.8 Å². The van der Waals surface area contributed by atoms with Crippen molar-refractivity contribution in [2.24, 2.45) is 23.5 Å². The van der Waals surface area contributed by atoms with Crippen molar-refractivity contribution in [2.45, 2.75) is 44.6 Å². The maximum absolute atomic E-state index is 5.64. The molecule has 3 unspecified atom stereocenters. The Morgan fingerprint density at radius 2 is 1.87 bits per heavy atom. The summed E-state index contributed by atoms with van der Waals surface area (Å²) in [6, 6.07) is 0.962. The van der Waals surface area contributed by atoms with E-state index in [1.807, 2.05) is 0 Å². The lowest BCUT2D eigenvalue weighted by Gasteiger charge is -2.50. The van der Waals surface area contributed by atoms with E-state index in [-0.39, 0.29) is 0 Å². The van der Waals surface area contributed by atoms with Crippen molar-refractivity contribution >= 4 is 0 Å². The van der Waals surface area contributed by atoms with E-state index in [0.29, 0.717) is 0 Å². The van der Waals surface area contributed by atoms with E-state index >= 15 is 0 Å². The van der Waals surface area contributed by atoms with Crippen molar-refractivity contribution in [3.63, 3.8) is 0 Å². The molecule has 0 radical (unpaired) electrons. The van der Waals surface area contributed by atoms with Gasteiger partial charge in [-0.2, -0.15) is 0 Å². The molecule has 1 aliphatic carbocycles. The molecule has 4 fully saturated rings. The molecule has 0 aromatic rings. The summed E-state index contributed by atoms with van der Waals surface area (Å²) in [5.74, 6) is 3.14. The van der Waals surface area contributed by atoms with Gasteiger partial charge in [-0.3, -0.25) is 4.90 Å². The minimum absolute atomic E-state index is 0.886. The summed E-state index contributed by atoms with van der Waals surface area (Å²) >= 11 is 0. The first-order valence-electron chi connectivity index (χ1n) is 6.84. The highest BCUT2D eigenvalue weighted by Crippen LogP contribution is 2.49. The van der Waals surface area contributed by atoms with Gasteiger partial charge in [-0.25, -0.2) is 0 Å². The van der Waals surface area contributed by atoms with Crippen LogP contribution >= 0.6 is 0 Å². The molecule has 3 atom stereocenters. The van der Waals surface area contributed by atoms with E-state index in [4.69, 9.17) is 5.73 Å². The van der Waals surface area contributed by atoms with Crippen LogP contribution in [0.1, 0.15) is 38.5 Å². The maximum Gasteiger partial charge on any atom is 0.0154 e. The monoisotopic (exact) mass is 208 g/mol. The molecule has 4 rings (SSSR count). The van der Waals surface area contributed by atoms with Gasteiger partial charge in [0.1, 0.15) is 0 Å². The molecule has 2 heteroatoms. The highest BCUT2D eigenvalue weighted by atomic mass is 15.2. The lowest BCUT2D eigenvalue weighted by atomic mass is 9.73. The number of nitrogens with two attached hydrogens (primary N) is 1. The molecule has 3 heterocycles. The summed E-state index contributed by atoms with van der Waals surface area (Å²) in [4.78, 5) is 2.80. The Hall–Kier alpha value is -0.0800. The molecule has 0 aromatic carbocycles. The van der Waals surface area contributed by atoms with Gasteiger partial charge in [-0.1, -0.05) is 0 Å². The Kier molecular flexibility index (Phi) is 2.73. The molecule has 2 bridgehead atoms. The third kappa shape index (κ3) is 1.62. The zero-order chi connectivity index (χ0) is 10.3. The Bertz CT molecular complexity index is 221. The second kappa shape index (κ2) is 4.06. The van der Waals surface area contributed by atoms with Crippen LogP contribution in [0.25, 0.3) is 0 Å². The molecule has 0 spiro atoms. The van der Waals surface area contributed by atoms with Crippen LogP contribution in [0.3, 0.4) is 0 Å². The van der Waals surface area contributed by atoms with Crippen molar-refractivity contribution in [1.29, 1.82) is 0 Å². The Morgan fingerprint density at radius 1 is 1.07 bits per heavy atom. The first-order valence-corrected chi connectivity index (χ1v) is 6.84. The van der Waals surface area contributed by atoms with E-state index in [1.165, 1.54) is 51.6 Å². The fourth-order valence-electron chi connectivity index (χ4n) is 4.52. The van der Waals surface area contributed by atoms with Crippen molar-refractivity contribution in [3.8, 4) is 0 Å². The maximum atomic E-state index is 5.64. The number of rotatable bonds is 3. The van der Waals surface area contributed by atoms with Crippen LogP contribution in [-0.4, -0.2) is 30.6 Å². The van der Waals surface area contributed by atoms with Gasteiger partial charge >= 0.3 is 0 Å². The minimum Gasteiger partial charge on any atom is -0.330 e. The zero-order valence-corrected chi connectivity index (χ0v) is 9.70. The van der Waals surface area contributed by atoms with Crippen LogP contribution in [0.15, 0.2) is 0 Å². The molecular weight excluding hydrogens is 184 g/mol. The summed E-state index contributed by atoms with van der Waals surface area (Å²) < 4.78 is 0. The second-order valence-electron chi connectivity index (χ2n) is 5.80. The van der Waals surface area contributed by atoms with Crippen molar-refractivity contribution < 1.29 is 0 Å². The second-order valence-corrected chi connectivity index (χ2v) is 5.80. The predicted molar refractivity (Wildman–Crippen MR) is 62.6 cm³/mol. The molecule has 1 saturated carbocycles.